The van der Waals surface area contributed by atoms with E-state index < -0.39 is 0 Å². The number of hydrogen-bond acceptors (Lipinski definition) is 3. The summed E-state index contributed by atoms with van der Waals surface area (Å²) in [5, 5.41) is 12.3. The molecule has 4 fully saturated rings. The van der Waals surface area contributed by atoms with E-state index in [0.29, 0.717) is 23.3 Å². The van der Waals surface area contributed by atoms with E-state index >= 15 is 0 Å². The summed E-state index contributed by atoms with van der Waals surface area (Å²) in [4.78, 5) is 13.0. The predicted octanol–water partition coefficient (Wildman–Crippen LogP) is 5.07. The second-order valence-corrected chi connectivity index (χ2v) is 10.7. The smallest absolute Gasteiger partial charge is 0.272 e. The van der Waals surface area contributed by atoms with Crippen LogP contribution in [0.2, 0.25) is 5.02 Å². The number of rotatable bonds is 8. The molecule has 1 heterocycles. The highest BCUT2D eigenvalue weighted by atomic mass is 35.5. The maximum Gasteiger partial charge on any atom is 0.272 e. The van der Waals surface area contributed by atoms with Gasteiger partial charge in [-0.15, -0.1) is 0 Å². The molecule has 0 spiro atoms. The van der Waals surface area contributed by atoms with Crippen LogP contribution in [0, 0.1) is 30.6 Å². The third kappa shape index (κ3) is 4.22. The van der Waals surface area contributed by atoms with Crippen LogP contribution in [0.1, 0.15) is 61.5 Å². The van der Waals surface area contributed by atoms with Crippen molar-refractivity contribution in [3.63, 3.8) is 0 Å². The minimum atomic E-state index is -0.0838. The number of nitrogens with one attached hydrogen (secondary N) is 2. The second-order valence-electron chi connectivity index (χ2n) is 10.2. The van der Waals surface area contributed by atoms with Gasteiger partial charge in [0.25, 0.3) is 5.91 Å². The molecule has 0 aliphatic heterocycles. The molecule has 2 aromatic rings. The predicted molar refractivity (Wildman–Crippen MR) is 129 cm³/mol. The van der Waals surface area contributed by atoms with Gasteiger partial charge in [0, 0.05) is 41.8 Å². The molecule has 4 aliphatic carbocycles. The topological polar surface area (TPSA) is 59.0 Å². The van der Waals surface area contributed by atoms with Crippen LogP contribution in [0.5, 0.6) is 0 Å². The van der Waals surface area contributed by atoms with Crippen LogP contribution in [-0.2, 0) is 6.54 Å². The third-order valence-electron chi connectivity index (χ3n) is 7.97. The molecule has 0 radical (unpaired) electrons. The zero-order chi connectivity index (χ0) is 22.2. The average molecular weight is 455 g/mol. The molecule has 0 unspecified atom stereocenters. The first-order valence-corrected chi connectivity index (χ1v) is 12.8. The number of carbonyl (C=O) groups excluding carboxylic acids is 1. The number of hydrogen-bond donors (Lipinski definition) is 2. The van der Waals surface area contributed by atoms with Gasteiger partial charge >= 0.3 is 0 Å². The lowest BCUT2D eigenvalue weighted by atomic mass is 9.54. The van der Waals surface area contributed by atoms with Crippen molar-refractivity contribution < 1.29 is 4.79 Å². The Balaban J connectivity index is 1.21. The summed E-state index contributed by atoms with van der Waals surface area (Å²) in [7, 11) is 0. The van der Waals surface area contributed by atoms with E-state index in [2.05, 4.69) is 22.7 Å². The highest BCUT2D eigenvalue weighted by molar-refractivity contribution is 6.30. The summed E-state index contributed by atoms with van der Waals surface area (Å²) in [6, 6.07) is 8.41. The van der Waals surface area contributed by atoms with E-state index in [1.807, 2.05) is 35.9 Å². The van der Waals surface area contributed by atoms with Gasteiger partial charge in [0.05, 0.1) is 5.69 Å². The number of benzene rings is 1. The second kappa shape index (κ2) is 9.18. The van der Waals surface area contributed by atoms with Gasteiger partial charge < -0.3 is 10.6 Å². The van der Waals surface area contributed by atoms with Gasteiger partial charge in [0.1, 0.15) is 0 Å². The highest BCUT2D eigenvalue weighted by Crippen LogP contribution is 2.53. The van der Waals surface area contributed by atoms with Gasteiger partial charge in [-0.1, -0.05) is 30.7 Å². The summed E-state index contributed by atoms with van der Waals surface area (Å²) in [5.41, 5.74) is 3.49. The summed E-state index contributed by atoms with van der Waals surface area (Å²) >= 11 is 6.07. The number of aromatic nitrogens is 2. The van der Waals surface area contributed by atoms with Crippen molar-refractivity contribution in [3.05, 3.63) is 40.5 Å². The fourth-order valence-corrected chi connectivity index (χ4v) is 7.00. The molecule has 0 saturated heterocycles. The van der Waals surface area contributed by atoms with Crippen LogP contribution in [0.15, 0.2) is 24.3 Å². The van der Waals surface area contributed by atoms with E-state index in [1.165, 1.54) is 32.1 Å². The van der Waals surface area contributed by atoms with Crippen LogP contribution in [-0.4, -0.2) is 34.8 Å². The molecule has 6 rings (SSSR count). The quantitative estimate of drug-likeness (QED) is 0.547. The maximum absolute atomic E-state index is 13.0. The molecule has 5 nitrogen and oxygen atoms in total. The maximum atomic E-state index is 13.0. The first-order valence-electron chi connectivity index (χ1n) is 12.4. The van der Waals surface area contributed by atoms with Gasteiger partial charge in [0.15, 0.2) is 5.69 Å². The Morgan fingerprint density at radius 3 is 2.34 bits per heavy atom. The summed E-state index contributed by atoms with van der Waals surface area (Å²) < 4.78 is 1.96. The van der Waals surface area contributed by atoms with E-state index in [0.717, 1.165) is 60.0 Å². The molecule has 0 atom stereocenters. The molecular formula is C26H35ClN4O. The number of nitrogens with zero attached hydrogens (tertiary/aromatic N) is 2. The van der Waals surface area contributed by atoms with Crippen molar-refractivity contribution in [2.75, 3.05) is 13.1 Å². The van der Waals surface area contributed by atoms with Gasteiger partial charge in [-0.2, -0.15) is 5.10 Å². The van der Waals surface area contributed by atoms with Crippen molar-refractivity contribution in [2.45, 2.75) is 65.0 Å². The van der Waals surface area contributed by atoms with E-state index in [1.54, 1.807) is 0 Å². The zero-order valence-electron chi connectivity index (χ0n) is 19.2. The minimum Gasteiger partial charge on any atom is -0.349 e. The number of carbonyl (C=O) groups is 1. The molecule has 32 heavy (non-hydrogen) atoms. The largest absolute Gasteiger partial charge is 0.349 e. The third-order valence-corrected chi connectivity index (χ3v) is 8.23. The van der Waals surface area contributed by atoms with Gasteiger partial charge in [-0.25, -0.2) is 0 Å². The SMILES string of the molecule is CCCn1nc(C(=O)NCCNC2C3CC4CC(C3)CC2C4)c(C)c1-c1ccc(Cl)cc1. The zero-order valence-corrected chi connectivity index (χ0v) is 20.0. The lowest BCUT2D eigenvalue weighted by Gasteiger charge is -2.54. The minimum absolute atomic E-state index is 0.0838. The summed E-state index contributed by atoms with van der Waals surface area (Å²) in [5.74, 6) is 3.61. The normalized spacial score (nSPS) is 28.3. The average Bonchev–Trinajstić information content (AvgIpc) is 3.09. The van der Waals surface area contributed by atoms with Crippen molar-refractivity contribution in [1.29, 1.82) is 0 Å². The fraction of sp³-hybridized carbons (Fsp3) is 0.615. The lowest BCUT2D eigenvalue weighted by molar-refractivity contribution is -0.0133. The fourth-order valence-electron chi connectivity index (χ4n) is 6.87. The van der Waals surface area contributed by atoms with Gasteiger partial charge in [-0.05, 0) is 81.3 Å². The van der Waals surface area contributed by atoms with Gasteiger partial charge in [0.2, 0.25) is 0 Å². The van der Waals surface area contributed by atoms with Gasteiger partial charge in [-0.3, -0.25) is 9.48 Å². The Morgan fingerprint density at radius 1 is 1.06 bits per heavy atom. The van der Waals surface area contributed by atoms with Crippen LogP contribution in [0.4, 0.5) is 0 Å². The molecule has 2 N–H and O–H groups in total. The molecule has 4 aliphatic rings. The standard InChI is InChI=1S/C26H35ClN4O/c1-3-10-31-25(19-4-6-22(27)7-5-19)16(2)23(30-31)26(32)29-9-8-28-24-20-12-17-11-18(14-20)15-21(24)13-17/h4-7,17-18,20-21,24,28H,3,8-15H2,1-2H3,(H,29,32). The molecule has 1 aromatic heterocycles. The molecule has 4 saturated carbocycles. The molecule has 1 aromatic carbocycles. The first kappa shape index (κ1) is 22.0. The Hall–Kier alpha value is -1.85. The molecular weight excluding hydrogens is 420 g/mol. The Morgan fingerprint density at radius 2 is 1.72 bits per heavy atom. The van der Waals surface area contributed by atoms with Crippen molar-refractivity contribution in [2.24, 2.45) is 23.7 Å². The Bertz CT molecular complexity index is 939. The summed E-state index contributed by atoms with van der Waals surface area (Å²) in [6.45, 7) is 6.36. The van der Waals surface area contributed by atoms with Crippen molar-refractivity contribution in [1.82, 2.24) is 20.4 Å². The number of aryl methyl sites for hydroxylation is 1. The lowest BCUT2D eigenvalue weighted by Crippen LogP contribution is -2.55. The monoisotopic (exact) mass is 454 g/mol. The first-order chi connectivity index (χ1) is 15.5. The van der Waals surface area contributed by atoms with Crippen molar-refractivity contribution in [3.8, 4) is 11.3 Å². The van der Waals surface area contributed by atoms with E-state index in [9.17, 15) is 4.79 Å². The number of amides is 1. The highest BCUT2D eigenvalue weighted by Gasteiger charge is 2.47. The van der Waals surface area contributed by atoms with Crippen LogP contribution in [0.25, 0.3) is 11.3 Å². The number of halogens is 1. The molecule has 172 valence electrons. The molecule has 6 heteroatoms. The van der Waals surface area contributed by atoms with Crippen LogP contribution in [0.3, 0.4) is 0 Å². The Labute approximate surface area is 196 Å². The van der Waals surface area contributed by atoms with Crippen molar-refractivity contribution >= 4 is 17.5 Å². The molecule has 1 amide bonds. The summed E-state index contributed by atoms with van der Waals surface area (Å²) in [6.07, 6.45) is 8.10. The molecule has 4 bridgehead atoms. The van der Waals surface area contributed by atoms with Crippen LogP contribution >= 0.6 is 11.6 Å². The van der Waals surface area contributed by atoms with Crippen LogP contribution < -0.4 is 10.6 Å². The van der Waals surface area contributed by atoms with E-state index in [4.69, 9.17) is 11.6 Å². The Kier molecular flexibility index (Phi) is 6.31. The van der Waals surface area contributed by atoms with E-state index in [-0.39, 0.29) is 5.91 Å².